The summed E-state index contributed by atoms with van der Waals surface area (Å²) in [7, 11) is 0. The first kappa shape index (κ1) is 15.9. The van der Waals surface area contributed by atoms with Crippen molar-refractivity contribution in [3.63, 3.8) is 0 Å². The lowest BCUT2D eigenvalue weighted by Gasteiger charge is -2.06. The molecular formula is C18H15Cl2NO2. The molecule has 0 bridgehead atoms. The third kappa shape index (κ3) is 3.52. The highest BCUT2D eigenvalue weighted by molar-refractivity contribution is 6.42. The van der Waals surface area contributed by atoms with E-state index in [2.05, 4.69) is 4.57 Å². The lowest BCUT2D eigenvalue weighted by Crippen LogP contribution is -1.99. The van der Waals surface area contributed by atoms with Crippen LogP contribution < -0.4 is 0 Å². The van der Waals surface area contributed by atoms with Crippen molar-refractivity contribution in [1.82, 2.24) is 4.57 Å². The average Bonchev–Trinajstić information content (AvgIpc) is 2.87. The maximum atomic E-state index is 11.1. The normalized spacial score (nSPS) is 10.9. The fraction of sp³-hybridized carbons (Fsp3) is 0.167. The maximum absolute atomic E-state index is 11.1. The van der Waals surface area contributed by atoms with E-state index in [0.717, 1.165) is 22.0 Å². The molecule has 0 saturated heterocycles. The van der Waals surface area contributed by atoms with Crippen LogP contribution in [0, 0.1) is 0 Å². The Morgan fingerprint density at radius 2 is 1.91 bits per heavy atom. The minimum absolute atomic E-state index is 0.268. The summed E-state index contributed by atoms with van der Waals surface area (Å²) in [4.78, 5) is 11.1. The molecule has 0 aliphatic rings. The van der Waals surface area contributed by atoms with Gasteiger partial charge in [-0.3, -0.25) is 4.79 Å². The Morgan fingerprint density at radius 3 is 2.65 bits per heavy atom. The van der Waals surface area contributed by atoms with Crippen LogP contribution in [0.4, 0.5) is 0 Å². The van der Waals surface area contributed by atoms with Crippen molar-refractivity contribution in [1.29, 1.82) is 0 Å². The van der Waals surface area contributed by atoms with E-state index in [-0.39, 0.29) is 12.6 Å². The van der Waals surface area contributed by atoms with Crippen LogP contribution in [-0.2, 0) is 22.7 Å². The molecule has 3 aromatic rings. The van der Waals surface area contributed by atoms with Gasteiger partial charge in [-0.1, -0.05) is 47.5 Å². The molecule has 0 atom stereocenters. The molecule has 0 radical (unpaired) electrons. The van der Waals surface area contributed by atoms with E-state index < -0.39 is 0 Å². The van der Waals surface area contributed by atoms with Crippen LogP contribution in [0.1, 0.15) is 18.1 Å². The quantitative estimate of drug-likeness (QED) is 0.617. The number of rotatable bonds is 4. The van der Waals surface area contributed by atoms with Crippen molar-refractivity contribution in [2.75, 3.05) is 0 Å². The summed E-state index contributed by atoms with van der Waals surface area (Å²) in [5.74, 6) is -0.286. The molecule has 0 unspecified atom stereocenters. The van der Waals surface area contributed by atoms with Gasteiger partial charge in [-0.15, -0.1) is 0 Å². The van der Waals surface area contributed by atoms with Crippen molar-refractivity contribution in [2.45, 2.75) is 20.1 Å². The molecule has 1 heterocycles. The number of benzene rings is 2. The number of nitrogens with zero attached hydrogens (tertiary/aromatic N) is 1. The van der Waals surface area contributed by atoms with Gasteiger partial charge in [-0.2, -0.15) is 0 Å². The van der Waals surface area contributed by atoms with E-state index in [1.165, 1.54) is 6.92 Å². The van der Waals surface area contributed by atoms with Crippen LogP contribution in [0.15, 0.2) is 48.7 Å². The summed E-state index contributed by atoms with van der Waals surface area (Å²) < 4.78 is 7.26. The second-order valence-corrected chi connectivity index (χ2v) is 6.14. The topological polar surface area (TPSA) is 31.2 Å². The largest absolute Gasteiger partial charge is 0.461 e. The molecule has 0 amide bonds. The van der Waals surface area contributed by atoms with Crippen LogP contribution in [0.3, 0.4) is 0 Å². The lowest BCUT2D eigenvalue weighted by atomic mass is 10.2. The summed E-state index contributed by atoms with van der Waals surface area (Å²) in [5, 5.41) is 2.16. The van der Waals surface area contributed by atoms with Crippen molar-refractivity contribution in [3.05, 3.63) is 69.8 Å². The summed E-state index contributed by atoms with van der Waals surface area (Å²) in [6.45, 7) is 2.34. The predicted octanol–water partition coefficient (Wildman–Crippen LogP) is 5.06. The monoisotopic (exact) mass is 347 g/mol. The van der Waals surface area contributed by atoms with Crippen LogP contribution >= 0.6 is 23.2 Å². The number of halogens is 2. The summed E-state index contributed by atoms with van der Waals surface area (Å²) >= 11 is 12.1. The number of para-hydroxylation sites is 1. The van der Waals surface area contributed by atoms with Gasteiger partial charge in [0.15, 0.2) is 0 Å². The van der Waals surface area contributed by atoms with Crippen LogP contribution in [-0.4, -0.2) is 10.5 Å². The SMILES string of the molecule is CC(=O)OCc1cn(Cc2ccc(Cl)c(Cl)c2)c2ccccc12. The molecule has 0 aliphatic heterocycles. The molecule has 0 fully saturated rings. The Labute approximate surface area is 144 Å². The van der Waals surface area contributed by atoms with E-state index in [4.69, 9.17) is 27.9 Å². The molecule has 5 heteroatoms. The van der Waals surface area contributed by atoms with Gasteiger partial charge in [0.1, 0.15) is 6.61 Å². The number of fused-ring (bicyclic) bond motifs is 1. The summed E-state index contributed by atoms with van der Waals surface area (Å²) in [5.41, 5.74) is 3.12. The van der Waals surface area contributed by atoms with Crippen LogP contribution in [0.25, 0.3) is 10.9 Å². The lowest BCUT2D eigenvalue weighted by molar-refractivity contribution is -0.142. The van der Waals surface area contributed by atoms with Crippen LogP contribution in [0.5, 0.6) is 0 Å². The molecule has 0 saturated carbocycles. The fourth-order valence-corrected chi connectivity index (χ4v) is 2.90. The number of hydrogen-bond acceptors (Lipinski definition) is 2. The van der Waals surface area contributed by atoms with Crippen molar-refractivity contribution >= 4 is 40.1 Å². The van der Waals surface area contributed by atoms with Gasteiger partial charge in [0.25, 0.3) is 0 Å². The Kier molecular flexibility index (Phi) is 4.60. The average molecular weight is 348 g/mol. The number of esters is 1. The van der Waals surface area contributed by atoms with Gasteiger partial charge in [-0.05, 0) is 23.8 Å². The Morgan fingerprint density at radius 1 is 1.13 bits per heavy atom. The number of hydrogen-bond donors (Lipinski definition) is 0. The fourth-order valence-electron chi connectivity index (χ4n) is 2.58. The highest BCUT2D eigenvalue weighted by Gasteiger charge is 2.10. The summed E-state index contributed by atoms with van der Waals surface area (Å²) in [6.07, 6.45) is 2.01. The third-order valence-electron chi connectivity index (χ3n) is 3.64. The van der Waals surface area contributed by atoms with E-state index in [1.54, 1.807) is 6.07 Å². The van der Waals surface area contributed by atoms with E-state index in [0.29, 0.717) is 16.6 Å². The Balaban J connectivity index is 1.96. The molecule has 0 spiro atoms. The molecule has 1 aromatic heterocycles. The maximum Gasteiger partial charge on any atom is 0.302 e. The first-order valence-electron chi connectivity index (χ1n) is 7.18. The first-order valence-corrected chi connectivity index (χ1v) is 7.94. The molecule has 23 heavy (non-hydrogen) atoms. The number of carbonyl (C=O) groups is 1. The Bertz CT molecular complexity index is 871. The van der Waals surface area contributed by atoms with Crippen molar-refractivity contribution < 1.29 is 9.53 Å². The van der Waals surface area contributed by atoms with Crippen molar-refractivity contribution in [2.24, 2.45) is 0 Å². The minimum Gasteiger partial charge on any atom is -0.461 e. The molecule has 3 nitrogen and oxygen atoms in total. The van der Waals surface area contributed by atoms with Gasteiger partial charge in [0.2, 0.25) is 0 Å². The van der Waals surface area contributed by atoms with E-state index >= 15 is 0 Å². The molecule has 2 aromatic carbocycles. The Hall–Kier alpha value is -1.97. The molecule has 3 rings (SSSR count). The molecular weight excluding hydrogens is 333 g/mol. The van der Waals surface area contributed by atoms with Crippen LogP contribution in [0.2, 0.25) is 10.0 Å². The predicted molar refractivity (Wildman–Crippen MR) is 93.0 cm³/mol. The van der Waals surface area contributed by atoms with Gasteiger partial charge in [0, 0.05) is 36.1 Å². The first-order chi connectivity index (χ1) is 11.0. The second-order valence-electron chi connectivity index (χ2n) is 5.33. The van der Waals surface area contributed by atoms with E-state index in [1.807, 2.05) is 42.6 Å². The second kappa shape index (κ2) is 6.65. The number of aromatic nitrogens is 1. The smallest absolute Gasteiger partial charge is 0.302 e. The zero-order valence-electron chi connectivity index (χ0n) is 12.6. The zero-order valence-corrected chi connectivity index (χ0v) is 14.1. The van der Waals surface area contributed by atoms with Gasteiger partial charge in [0.05, 0.1) is 10.0 Å². The highest BCUT2D eigenvalue weighted by atomic mass is 35.5. The molecule has 118 valence electrons. The van der Waals surface area contributed by atoms with Gasteiger partial charge < -0.3 is 9.30 Å². The van der Waals surface area contributed by atoms with Gasteiger partial charge >= 0.3 is 5.97 Å². The summed E-state index contributed by atoms with van der Waals surface area (Å²) in [6, 6.07) is 13.7. The minimum atomic E-state index is -0.286. The zero-order chi connectivity index (χ0) is 16.4. The number of ether oxygens (including phenoxy) is 1. The van der Waals surface area contributed by atoms with E-state index in [9.17, 15) is 4.79 Å². The molecule has 0 aliphatic carbocycles. The third-order valence-corrected chi connectivity index (χ3v) is 4.38. The standard InChI is InChI=1S/C18H15Cl2NO2/c1-12(22)23-11-14-10-21(18-5-3-2-4-15(14)18)9-13-6-7-16(19)17(20)8-13/h2-8,10H,9,11H2,1H3. The highest BCUT2D eigenvalue weighted by Crippen LogP contribution is 2.26. The molecule has 0 N–H and O–H groups in total. The van der Waals surface area contributed by atoms with Crippen molar-refractivity contribution in [3.8, 4) is 0 Å². The number of carbonyl (C=O) groups excluding carboxylic acids is 1. The van der Waals surface area contributed by atoms with Gasteiger partial charge in [-0.25, -0.2) is 0 Å².